The standard InChI is InChI=1S/C9H18N2/c1-11-7-9(8-11)3-2-5-10-6-4-9/h10H,2-8H2,1H3. The molecule has 64 valence electrons. The van der Waals surface area contributed by atoms with Gasteiger partial charge in [-0.1, -0.05) is 0 Å². The number of likely N-dealkylation sites (tertiary alicyclic amines) is 1. The summed E-state index contributed by atoms with van der Waals surface area (Å²) in [6.45, 7) is 5.17. The van der Waals surface area contributed by atoms with Crippen molar-refractivity contribution in [2.24, 2.45) is 5.41 Å². The van der Waals surface area contributed by atoms with Gasteiger partial charge >= 0.3 is 0 Å². The van der Waals surface area contributed by atoms with E-state index in [-0.39, 0.29) is 0 Å². The summed E-state index contributed by atoms with van der Waals surface area (Å²) in [5, 5.41) is 3.47. The topological polar surface area (TPSA) is 15.3 Å². The van der Waals surface area contributed by atoms with Crippen molar-refractivity contribution in [1.82, 2.24) is 10.2 Å². The Hall–Kier alpha value is -0.0800. The fraction of sp³-hybridized carbons (Fsp3) is 1.00. The maximum Gasteiger partial charge on any atom is 0.00479 e. The second-order valence-corrected chi connectivity index (χ2v) is 4.28. The first-order valence-electron chi connectivity index (χ1n) is 4.70. The van der Waals surface area contributed by atoms with E-state index in [0.29, 0.717) is 0 Å². The van der Waals surface area contributed by atoms with Crippen molar-refractivity contribution >= 4 is 0 Å². The van der Waals surface area contributed by atoms with Crippen molar-refractivity contribution in [1.29, 1.82) is 0 Å². The second kappa shape index (κ2) is 2.76. The lowest BCUT2D eigenvalue weighted by atomic mass is 9.74. The van der Waals surface area contributed by atoms with Crippen LogP contribution in [0.1, 0.15) is 19.3 Å². The highest BCUT2D eigenvalue weighted by atomic mass is 15.2. The molecule has 2 aliphatic rings. The van der Waals surface area contributed by atoms with Crippen LogP contribution in [0.5, 0.6) is 0 Å². The van der Waals surface area contributed by atoms with E-state index < -0.39 is 0 Å². The zero-order chi connectivity index (χ0) is 7.73. The highest BCUT2D eigenvalue weighted by molar-refractivity contribution is 4.94. The molecule has 0 bridgehead atoms. The molecule has 0 unspecified atom stereocenters. The molecule has 2 saturated heterocycles. The van der Waals surface area contributed by atoms with Gasteiger partial charge in [0.15, 0.2) is 0 Å². The lowest BCUT2D eigenvalue weighted by molar-refractivity contribution is 0.0117. The number of hydrogen-bond donors (Lipinski definition) is 1. The van der Waals surface area contributed by atoms with Crippen LogP contribution in [-0.2, 0) is 0 Å². The Morgan fingerprint density at radius 2 is 2.00 bits per heavy atom. The van der Waals surface area contributed by atoms with E-state index >= 15 is 0 Å². The smallest absolute Gasteiger partial charge is 0.00479 e. The van der Waals surface area contributed by atoms with E-state index in [2.05, 4.69) is 17.3 Å². The van der Waals surface area contributed by atoms with Crippen LogP contribution in [0.4, 0.5) is 0 Å². The largest absolute Gasteiger partial charge is 0.317 e. The van der Waals surface area contributed by atoms with E-state index in [9.17, 15) is 0 Å². The maximum atomic E-state index is 3.47. The van der Waals surface area contributed by atoms with E-state index in [1.54, 1.807) is 0 Å². The first-order valence-corrected chi connectivity index (χ1v) is 4.70. The van der Waals surface area contributed by atoms with Gasteiger partial charge in [0, 0.05) is 13.1 Å². The summed E-state index contributed by atoms with van der Waals surface area (Å²) in [4.78, 5) is 2.44. The SMILES string of the molecule is CN1CC2(CCCNCC2)C1. The zero-order valence-corrected chi connectivity index (χ0v) is 7.40. The molecule has 11 heavy (non-hydrogen) atoms. The molecule has 0 aromatic heterocycles. The first kappa shape index (κ1) is 7.56. The summed E-state index contributed by atoms with van der Waals surface area (Å²) in [7, 11) is 2.23. The number of rotatable bonds is 0. The Bertz CT molecular complexity index is 128. The first-order chi connectivity index (χ1) is 5.31. The van der Waals surface area contributed by atoms with Crippen LogP contribution in [0.25, 0.3) is 0 Å². The molecule has 2 fully saturated rings. The molecule has 0 aromatic rings. The van der Waals surface area contributed by atoms with Gasteiger partial charge in [-0.15, -0.1) is 0 Å². The third-order valence-electron chi connectivity index (χ3n) is 3.10. The van der Waals surface area contributed by atoms with Gasteiger partial charge in [0.25, 0.3) is 0 Å². The van der Waals surface area contributed by atoms with Gasteiger partial charge in [-0.25, -0.2) is 0 Å². The Balaban J connectivity index is 1.91. The molecule has 1 N–H and O–H groups in total. The summed E-state index contributed by atoms with van der Waals surface area (Å²) in [5.41, 5.74) is 0.720. The molecule has 0 saturated carbocycles. The quantitative estimate of drug-likeness (QED) is 0.552. The highest BCUT2D eigenvalue weighted by Crippen LogP contribution is 2.37. The molecular weight excluding hydrogens is 136 g/mol. The van der Waals surface area contributed by atoms with E-state index in [0.717, 1.165) is 5.41 Å². The molecule has 0 aromatic carbocycles. The van der Waals surface area contributed by atoms with Crippen molar-refractivity contribution in [3.8, 4) is 0 Å². The van der Waals surface area contributed by atoms with Gasteiger partial charge < -0.3 is 10.2 Å². The van der Waals surface area contributed by atoms with E-state index in [4.69, 9.17) is 0 Å². The minimum absolute atomic E-state index is 0.720. The highest BCUT2D eigenvalue weighted by Gasteiger charge is 2.40. The average Bonchev–Trinajstić information content (AvgIpc) is 2.12. The Morgan fingerprint density at radius 3 is 2.73 bits per heavy atom. The van der Waals surface area contributed by atoms with Crippen LogP contribution in [0.3, 0.4) is 0 Å². The predicted octanol–water partition coefficient (Wildman–Crippen LogP) is 0.692. The minimum atomic E-state index is 0.720. The van der Waals surface area contributed by atoms with Crippen LogP contribution in [0, 0.1) is 5.41 Å². The zero-order valence-electron chi connectivity index (χ0n) is 7.40. The van der Waals surface area contributed by atoms with Crippen molar-refractivity contribution in [3.05, 3.63) is 0 Å². The second-order valence-electron chi connectivity index (χ2n) is 4.28. The third-order valence-corrected chi connectivity index (χ3v) is 3.10. The summed E-state index contributed by atoms with van der Waals surface area (Å²) >= 11 is 0. The van der Waals surface area contributed by atoms with Gasteiger partial charge in [0.1, 0.15) is 0 Å². The fourth-order valence-corrected chi connectivity index (χ4v) is 2.61. The number of nitrogens with zero attached hydrogens (tertiary/aromatic N) is 1. The molecule has 0 aliphatic carbocycles. The molecule has 1 spiro atoms. The summed E-state index contributed by atoms with van der Waals surface area (Å²) in [6, 6.07) is 0. The summed E-state index contributed by atoms with van der Waals surface area (Å²) in [5.74, 6) is 0. The molecule has 0 atom stereocenters. The maximum absolute atomic E-state index is 3.47. The average molecular weight is 154 g/mol. The van der Waals surface area contributed by atoms with Crippen LogP contribution in [-0.4, -0.2) is 38.1 Å². The van der Waals surface area contributed by atoms with E-state index in [1.165, 1.54) is 45.4 Å². The van der Waals surface area contributed by atoms with Crippen molar-refractivity contribution in [2.45, 2.75) is 19.3 Å². The van der Waals surface area contributed by atoms with E-state index in [1.807, 2.05) is 0 Å². The lowest BCUT2D eigenvalue weighted by Crippen LogP contribution is -2.54. The molecule has 2 aliphatic heterocycles. The van der Waals surface area contributed by atoms with Gasteiger partial charge in [0.2, 0.25) is 0 Å². The molecule has 0 radical (unpaired) electrons. The van der Waals surface area contributed by atoms with Gasteiger partial charge in [-0.05, 0) is 44.8 Å². The van der Waals surface area contributed by atoms with Crippen LogP contribution < -0.4 is 5.32 Å². The number of nitrogens with one attached hydrogen (secondary N) is 1. The monoisotopic (exact) mass is 154 g/mol. The lowest BCUT2D eigenvalue weighted by Gasteiger charge is -2.48. The Morgan fingerprint density at radius 1 is 1.18 bits per heavy atom. The molecule has 2 nitrogen and oxygen atoms in total. The van der Waals surface area contributed by atoms with Gasteiger partial charge in [0.05, 0.1) is 0 Å². The Kier molecular flexibility index (Phi) is 1.90. The normalized spacial score (nSPS) is 31.4. The molecule has 2 heteroatoms. The molecular formula is C9H18N2. The number of hydrogen-bond acceptors (Lipinski definition) is 2. The minimum Gasteiger partial charge on any atom is -0.317 e. The van der Waals surface area contributed by atoms with Crippen LogP contribution in [0.15, 0.2) is 0 Å². The van der Waals surface area contributed by atoms with Crippen LogP contribution >= 0.6 is 0 Å². The molecule has 0 amide bonds. The van der Waals surface area contributed by atoms with Crippen molar-refractivity contribution in [3.63, 3.8) is 0 Å². The van der Waals surface area contributed by atoms with Crippen molar-refractivity contribution in [2.75, 3.05) is 33.2 Å². The summed E-state index contributed by atoms with van der Waals surface area (Å²) < 4.78 is 0. The van der Waals surface area contributed by atoms with Gasteiger partial charge in [-0.3, -0.25) is 0 Å². The van der Waals surface area contributed by atoms with Gasteiger partial charge in [-0.2, -0.15) is 0 Å². The Labute approximate surface area is 69.0 Å². The van der Waals surface area contributed by atoms with Crippen LogP contribution in [0.2, 0.25) is 0 Å². The molecule has 2 heterocycles. The van der Waals surface area contributed by atoms with Crippen molar-refractivity contribution < 1.29 is 0 Å². The fourth-order valence-electron chi connectivity index (χ4n) is 2.61. The third kappa shape index (κ3) is 1.42. The predicted molar refractivity (Wildman–Crippen MR) is 46.7 cm³/mol. The molecule has 2 rings (SSSR count). The summed E-state index contributed by atoms with van der Waals surface area (Å²) in [6.07, 6.45) is 4.23.